The van der Waals surface area contributed by atoms with Crippen molar-refractivity contribution in [1.29, 1.82) is 0 Å². The zero-order valence-electron chi connectivity index (χ0n) is 18.3. The van der Waals surface area contributed by atoms with E-state index in [0.717, 1.165) is 35.0 Å². The van der Waals surface area contributed by atoms with Gasteiger partial charge in [0, 0.05) is 25.3 Å². The number of aromatic nitrogens is 3. The zero-order chi connectivity index (χ0) is 21.1. The lowest BCUT2D eigenvalue weighted by Gasteiger charge is -2.24. The van der Waals surface area contributed by atoms with Crippen molar-refractivity contribution < 1.29 is 4.79 Å². The van der Waals surface area contributed by atoms with Crippen molar-refractivity contribution in [2.75, 3.05) is 31.1 Å². The van der Waals surface area contributed by atoms with Gasteiger partial charge in [0.1, 0.15) is 0 Å². The molecular formula is C22H31N5OS. The third kappa shape index (κ3) is 4.51. The van der Waals surface area contributed by atoms with Crippen LogP contribution in [0.3, 0.4) is 0 Å². The first-order valence-electron chi connectivity index (χ1n) is 10.3. The van der Waals surface area contributed by atoms with Crippen molar-refractivity contribution in [1.82, 2.24) is 19.7 Å². The summed E-state index contributed by atoms with van der Waals surface area (Å²) < 4.78 is 2.93. The molecular weight excluding hydrogens is 382 g/mol. The van der Waals surface area contributed by atoms with Crippen LogP contribution in [0.5, 0.6) is 0 Å². The molecule has 0 atom stereocenters. The van der Waals surface area contributed by atoms with Crippen molar-refractivity contribution in [3.63, 3.8) is 0 Å². The van der Waals surface area contributed by atoms with E-state index < -0.39 is 0 Å². The van der Waals surface area contributed by atoms with Gasteiger partial charge in [-0.1, -0.05) is 31.3 Å². The molecule has 29 heavy (non-hydrogen) atoms. The van der Waals surface area contributed by atoms with Gasteiger partial charge in [-0.15, -0.1) is 0 Å². The smallest absolute Gasteiger partial charge is 0.280 e. The number of likely N-dealkylation sites (N-methyl/N-ethyl adjacent to an activating group) is 1. The molecule has 7 heteroatoms. The Kier molecular flexibility index (Phi) is 6.70. The van der Waals surface area contributed by atoms with E-state index in [9.17, 15) is 4.79 Å². The number of benzene rings is 1. The summed E-state index contributed by atoms with van der Waals surface area (Å²) in [4.78, 5) is 22.4. The Morgan fingerprint density at radius 2 is 1.86 bits per heavy atom. The molecule has 0 N–H and O–H groups in total. The number of amides is 1. The lowest BCUT2D eigenvalue weighted by atomic mass is 10.1. The quantitative estimate of drug-likeness (QED) is 0.538. The normalized spacial score (nSPS) is 11.7. The minimum Gasteiger partial charge on any atom is -0.302 e. The number of carbonyl (C=O) groups excluding carboxylic acids is 1. The standard InChI is InChI=1S/C22H31N5OS/c1-7-25(8-2)13-14-26(21(28)18-11-12-27(24-18)15(3)4)22-23-20-17(6)16(5)9-10-19(20)29-22/h9-12,15H,7-8,13-14H2,1-6H3. The van der Waals surface area contributed by atoms with Gasteiger partial charge in [0.2, 0.25) is 0 Å². The van der Waals surface area contributed by atoms with Crippen molar-refractivity contribution in [3.05, 3.63) is 41.2 Å². The second-order valence-electron chi connectivity index (χ2n) is 7.61. The Hall–Kier alpha value is -2.25. The summed E-state index contributed by atoms with van der Waals surface area (Å²) >= 11 is 1.57. The molecule has 2 aromatic heterocycles. The molecule has 1 amide bonds. The Balaban J connectivity index is 1.98. The number of fused-ring (bicyclic) bond motifs is 1. The van der Waals surface area contributed by atoms with E-state index in [2.05, 4.69) is 63.7 Å². The maximum Gasteiger partial charge on any atom is 0.280 e. The molecule has 0 aliphatic heterocycles. The highest BCUT2D eigenvalue weighted by atomic mass is 32.1. The number of hydrogen-bond donors (Lipinski definition) is 0. The van der Waals surface area contributed by atoms with Crippen molar-refractivity contribution in [2.24, 2.45) is 0 Å². The highest BCUT2D eigenvalue weighted by Gasteiger charge is 2.24. The Bertz CT molecular complexity index is 986. The predicted octanol–water partition coefficient (Wildman–Crippen LogP) is 4.68. The van der Waals surface area contributed by atoms with E-state index >= 15 is 0 Å². The molecule has 0 saturated heterocycles. The van der Waals surface area contributed by atoms with Crippen LogP contribution in [-0.2, 0) is 0 Å². The number of carbonyl (C=O) groups is 1. The maximum absolute atomic E-state index is 13.4. The first-order valence-corrected chi connectivity index (χ1v) is 11.1. The van der Waals surface area contributed by atoms with Crippen LogP contribution in [0.4, 0.5) is 5.13 Å². The van der Waals surface area contributed by atoms with Gasteiger partial charge in [0.05, 0.1) is 10.2 Å². The highest BCUT2D eigenvalue weighted by Crippen LogP contribution is 2.32. The molecule has 1 aromatic carbocycles. The van der Waals surface area contributed by atoms with Crippen LogP contribution in [0.15, 0.2) is 24.4 Å². The van der Waals surface area contributed by atoms with Gasteiger partial charge in [0.25, 0.3) is 5.91 Å². The molecule has 3 aromatic rings. The first kappa shape index (κ1) is 21.5. The number of rotatable bonds is 8. The largest absolute Gasteiger partial charge is 0.302 e. The second kappa shape index (κ2) is 9.05. The summed E-state index contributed by atoms with van der Waals surface area (Å²) in [6.45, 7) is 15.9. The van der Waals surface area contributed by atoms with Gasteiger partial charge < -0.3 is 4.90 Å². The van der Waals surface area contributed by atoms with Crippen LogP contribution in [0.2, 0.25) is 0 Å². The topological polar surface area (TPSA) is 54.3 Å². The number of nitrogens with zero attached hydrogens (tertiary/aromatic N) is 5. The van der Waals surface area contributed by atoms with Crippen molar-refractivity contribution >= 4 is 32.6 Å². The molecule has 3 rings (SSSR count). The highest BCUT2D eigenvalue weighted by molar-refractivity contribution is 7.22. The fourth-order valence-electron chi connectivity index (χ4n) is 3.27. The van der Waals surface area contributed by atoms with E-state index in [1.54, 1.807) is 22.3 Å². The minimum absolute atomic E-state index is 0.0926. The number of anilines is 1. The summed E-state index contributed by atoms with van der Waals surface area (Å²) in [5.74, 6) is -0.0926. The Morgan fingerprint density at radius 3 is 2.48 bits per heavy atom. The van der Waals surface area contributed by atoms with Gasteiger partial charge in [-0.05, 0) is 64.0 Å². The fraction of sp³-hybridized carbons (Fsp3) is 0.500. The summed E-state index contributed by atoms with van der Waals surface area (Å²) in [5.41, 5.74) is 3.83. The number of thiazole rings is 1. The molecule has 0 bridgehead atoms. The molecule has 0 fully saturated rings. The maximum atomic E-state index is 13.4. The van der Waals surface area contributed by atoms with Crippen molar-refractivity contribution in [3.8, 4) is 0 Å². The van der Waals surface area contributed by atoms with Crippen LogP contribution < -0.4 is 4.90 Å². The SMILES string of the molecule is CCN(CC)CCN(C(=O)c1ccn(C(C)C)n1)c1nc2c(C)c(C)ccc2s1. The van der Waals surface area contributed by atoms with Crippen LogP contribution in [0, 0.1) is 13.8 Å². The van der Waals surface area contributed by atoms with Gasteiger partial charge in [-0.2, -0.15) is 5.10 Å². The van der Waals surface area contributed by atoms with Crippen LogP contribution in [0.1, 0.15) is 55.4 Å². The Labute approximate surface area is 177 Å². The number of hydrogen-bond acceptors (Lipinski definition) is 5. The van der Waals surface area contributed by atoms with E-state index in [1.165, 1.54) is 11.1 Å². The van der Waals surface area contributed by atoms with Gasteiger partial charge in [-0.25, -0.2) is 4.98 Å². The molecule has 156 valence electrons. The lowest BCUT2D eigenvalue weighted by Crippen LogP contribution is -2.39. The molecule has 0 aliphatic rings. The molecule has 0 radical (unpaired) electrons. The molecule has 2 heterocycles. The molecule has 0 aliphatic carbocycles. The van der Waals surface area contributed by atoms with Gasteiger partial charge in [0.15, 0.2) is 10.8 Å². The summed E-state index contributed by atoms with van der Waals surface area (Å²) in [6.07, 6.45) is 1.87. The fourth-order valence-corrected chi connectivity index (χ4v) is 4.32. The van der Waals surface area contributed by atoms with Gasteiger partial charge in [-0.3, -0.25) is 14.4 Å². The Morgan fingerprint density at radius 1 is 1.14 bits per heavy atom. The van der Waals surface area contributed by atoms with Crippen LogP contribution >= 0.6 is 11.3 Å². The second-order valence-corrected chi connectivity index (χ2v) is 8.62. The summed E-state index contributed by atoms with van der Waals surface area (Å²) in [6, 6.07) is 6.23. The van der Waals surface area contributed by atoms with E-state index in [4.69, 9.17) is 4.98 Å². The summed E-state index contributed by atoms with van der Waals surface area (Å²) in [7, 11) is 0. The lowest BCUT2D eigenvalue weighted by molar-refractivity contribution is 0.0978. The third-order valence-electron chi connectivity index (χ3n) is 5.44. The van der Waals surface area contributed by atoms with E-state index in [1.807, 2.05) is 10.9 Å². The number of aryl methyl sites for hydroxylation is 2. The van der Waals surface area contributed by atoms with Crippen LogP contribution in [-0.4, -0.2) is 51.8 Å². The molecule has 6 nitrogen and oxygen atoms in total. The molecule has 0 spiro atoms. The minimum atomic E-state index is -0.0926. The van der Waals surface area contributed by atoms with E-state index in [0.29, 0.717) is 12.2 Å². The predicted molar refractivity (Wildman–Crippen MR) is 121 cm³/mol. The molecule has 0 unspecified atom stereocenters. The van der Waals surface area contributed by atoms with Crippen LogP contribution in [0.25, 0.3) is 10.2 Å². The average molecular weight is 414 g/mol. The van der Waals surface area contributed by atoms with E-state index in [-0.39, 0.29) is 11.9 Å². The van der Waals surface area contributed by atoms with Crippen molar-refractivity contribution in [2.45, 2.75) is 47.6 Å². The summed E-state index contributed by atoms with van der Waals surface area (Å²) in [5, 5.41) is 5.24. The third-order valence-corrected chi connectivity index (χ3v) is 6.48. The first-order chi connectivity index (χ1) is 13.8. The average Bonchev–Trinajstić information content (AvgIpc) is 3.36. The monoisotopic (exact) mass is 413 g/mol. The molecule has 0 saturated carbocycles. The van der Waals surface area contributed by atoms with Gasteiger partial charge >= 0.3 is 0 Å². The zero-order valence-corrected chi connectivity index (χ0v) is 19.1.